The van der Waals surface area contributed by atoms with Crippen molar-refractivity contribution in [1.29, 1.82) is 0 Å². The minimum Gasteiger partial charge on any atom is -0.336 e. The molecule has 9 heteroatoms. The standard InChI is InChI=1S/C11H10BrF2N3O2S/c1-2-17-5-11(15-6-17)20(18,19)16-10-4-8(13)7(12)3-9(10)14/h3-6,16H,2H2,1H3. The molecule has 0 amide bonds. The highest BCUT2D eigenvalue weighted by molar-refractivity contribution is 9.10. The maximum atomic E-state index is 13.6. The molecule has 0 aliphatic heterocycles. The van der Waals surface area contributed by atoms with Crippen molar-refractivity contribution in [1.82, 2.24) is 9.55 Å². The Labute approximate surface area is 122 Å². The third-order valence-corrected chi connectivity index (χ3v) is 4.36. The summed E-state index contributed by atoms with van der Waals surface area (Å²) in [6, 6.07) is 1.60. The zero-order chi connectivity index (χ0) is 14.9. The van der Waals surface area contributed by atoms with Crippen molar-refractivity contribution in [2.75, 3.05) is 4.72 Å². The summed E-state index contributed by atoms with van der Waals surface area (Å²) >= 11 is 2.81. The number of anilines is 1. The highest BCUT2D eigenvalue weighted by atomic mass is 79.9. The highest BCUT2D eigenvalue weighted by Crippen LogP contribution is 2.25. The summed E-state index contributed by atoms with van der Waals surface area (Å²) in [5, 5.41) is -0.262. The quantitative estimate of drug-likeness (QED) is 0.847. The first-order valence-electron chi connectivity index (χ1n) is 5.52. The third kappa shape index (κ3) is 2.98. The van der Waals surface area contributed by atoms with Crippen molar-refractivity contribution in [2.24, 2.45) is 0 Å². The molecule has 2 rings (SSSR count). The molecular formula is C11H10BrF2N3O2S. The SMILES string of the molecule is CCn1cnc(S(=O)(=O)Nc2cc(F)c(Br)cc2F)c1. The minimum atomic E-state index is -4.06. The monoisotopic (exact) mass is 365 g/mol. The van der Waals surface area contributed by atoms with Crippen molar-refractivity contribution in [3.63, 3.8) is 0 Å². The number of hydrogen-bond donors (Lipinski definition) is 1. The predicted molar refractivity (Wildman–Crippen MR) is 72.8 cm³/mol. The first-order valence-corrected chi connectivity index (χ1v) is 7.80. The summed E-state index contributed by atoms with van der Waals surface area (Å²) in [4.78, 5) is 3.71. The van der Waals surface area contributed by atoms with Crippen LogP contribution in [-0.2, 0) is 16.6 Å². The molecule has 0 atom stereocenters. The molecule has 0 aliphatic rings. The lowest BCUT2D eigenvalue weighted by Gasteiger charge is -2.07. The molecule has 0 aliphatic carbocycles. The fourth-order valence-corrected chi connectivity index (χ4v) is 2.78. The lowest BCUT2D eigenvalue weighted by Crippen LogP contribution is -2.14. The number of hydrogen-bond acceptors (Lipinski definition) is 3. The summed E-state index contributed by atoms with van der Waals surface area (Å²) in [5.74, 6) is -1.67. The Kier molecular flexibility index (Phi) is 4.09. The molecule has 0 unspecified atom stereocenters. The molecule has 0 saturated heterocycles. The Hall–Kier alpha value is -1.48. The lowest BCUT2D eigenvalue weighted by molar-refractivity contribution is 0.590. The Morgan fingerprint density at radius 1 is 1.35 bits per heavy atom. The molecule has 0 fully saturated rings. The normalized spacial score (nSPS) is 11.6. The number of rotatable bonds is 4. The second-order valence-electron chi connectivity index (χ2n) is 3.89. The zero-order valence-corrected chi connectivity index (χ0v) is 12.7. The van der Waals surface area contributed by atoms with Gasteiger partial charge in [0.25, 0.3) is 10.0 Å². The van der Waals surface area contributed by atoms with Crippen LogP contribution in [0.2, 0.25) is 0 Å². The van der Waals surface area contributed by atoms with Gasteiger partial charge in [0.2, 0.25) is 0 Å². The van der Waals surface area contributed by atoms with E-state index in [1.54, 1.807) is 4.57 Å². The number of imidazole rings is 1. The summed E-state index contributed by atoms with van der Waals surface area (Å²) in [7, 11) is -4.06. The number of benzene rings is 1. The second-order valence-corrected chi connectivity index (χ2v) is 6.38. The molecule has 5 nitrogen and oxygen atoms in total. The number of aryl methyl sites for hydroxylation is 1. The number of nitrogens with one attached hydrogen (secondary N) is 1. The highest BCUT2D eigenvalue weighted by Gasteiger charge is 2.20. The number of nitrogens with zero attached hydrogens (tertiary/aromatic N) is 2. The average Bonchev–Trinajstić information content (AvgIpc) is 2.85. The van der Waals surface area contributed by atoms with E-state index >= 15 is 0 Å². The topological polar surface area (TPSA) is 64.0 Å². The van der Waals surface area contributed by atoms with Gasteiger partial charge in [-0.15, -0.1) is 0 Å². The molecule has 2 aromatic rings. The first kappa shape index (κ1) is 14.9. The van der Waals surface area contributed by atoms with Gasteiger partial charge in [0.05, 0.1) is 16.5 Å². The van der Waals surface area contributed by atoms with Crippen LogP contribution in [0.15, 0.2) is 34.2 Å². The van der Waals surface area contributed by atoms with Gasteiger partial charge in [0.15, 0.2) is 5.03 Å². The van der Waals surface area contributed by atoms with Crippen LogP contribution < -0.4 is 4.72 Å². The fourth-order valence-electron chi connectivity index (χ4n) is 1.45. The van der Waals surface area contributed by atoms with Crippen LogP contribution in [0.5, 0.6) is 0 Å². The van der Waals surface area contributed by atoms with Crippen molar-refractivity contribution in [2.45, 2.75) is 18.5 Å². The van der Waals surface area contributed by atoms with Gasteiger partial charge in [0.1, 0.15) is 11.6 Å². The summed E-state index contributed by atoms with van der Waals surface area (Å²) in [6.07, 6.45) is 2.64. The van der Waals surface area contributed by atoms with E-state index < -0.39 is 27.3 Å². The predicted octanol–water partition coefficient (Wildman–Crippen LogP) is 2.74. The third-order valence-electron chi connectivity index (χ3n) is 2.50. The van der Waals surface area contributed by atoms with Crippen LogP contribution >= 0.6 is 15.9 Å². The van der Waals surface area contributed by atoms with E-state index in [9.17, 15) is 17.2 Å². The molecule has 0 bridgehead atoms. The fraction of sp³-hybridized carbons (Fsp3) is 0.182. The zero-order valence-electron chi connectivity index (χ0n) is 10.3. The Morgan fingerprint density at radius 2 is 2.05 bits per heavy atom. The van der Waals surface area contributed by atoms with E-state index in [0.717, 1.165) is 12.1 Å². The van der Waals surface area contributed by atoms with Gasteiger partial charge in [-0.1, -0.05) is 0 Å². The molecule has 108 valence electrons. The Bertz CT molecular complexity index is 746. The number of aromatic nitrogens is 2. The van der Waals surface area contributed by atoms with Crippen LogP contribution in [0.3, 0.4) is 0 Å². The van der Waals surface area contributed by atoms with E-state index in [1.807, 2.05) is 11.6 Å². The van der Waals surface area contributed by atoms with E-state index in [2.05, 4.69) is 20.9 Å². The molecule has 1 aromatic heterocycles. The van der Waals surface area contributed by atoms with Crippen LogP contribution in [0.4, 0.5) is 14.5 Å². The maximum absolute atomic E-state index is 13.6. The lowest BCUT2D eigenvalue weighted by atomic mass is 10.3. The van der Waals surface area contributed by atoms with Gasteiger partial charge in [-0.3, -0.25) is 4.72 Å². The van der Waals surface area contributed by atoms with Crippen molar-refractivity contribution in [3.8, 4) is 0 Å². The van der Waals surface area contributed by atoms with Crippen molar-refractivity contribution < 1.29 is 17.2 Å². The van der Waals surface area contributed by atoms with Crippen molar-refractivity contribution in [3.05, 3.63) is 40.8 Å². The Morgan fingerprint density at radius 3 is 2.65 bits per heavy atom. The van der Waals surface area contributed by atoms with Gasteiger partial charge in [-0.05, 0) is 28.9 Å². The average molecular weight is 366 g/mol. The minimum absolute atomic E-state index is 0.0896. The molecule has 0 spiro atoms. The van der Waals surface area contributed by atoms with Crippen LogP contribution in [0.25, 0.3) is 0 Å². The first-order chi connectivity index (χ1) is 9.33. The van der Waals surface area contributed by atoms with Gasteiger partial charge in [0, 0.05) is 18.8 Å². The summed E-state index contributed by atoms with van der Waals surface area (Å²) in [6.45, 7) is 2.36. The summed E-state index contributed by atoms with van der Waals surface area (Å²) in [5.41, 5.74) is -0.475. The smallest absolute Gasteiger partial charge is 0.281 e. The molecule has 1 aromatic carbocycles. The van der Waals surface area contributed by atoms with Crippen molar-refractivity contribution >= 4 is 31.6 Å². The van der Waals surface area contributed by atoms with Crippen LogP contribution in [0.1, 0.15) is 6.92 Å². The van der Waals surface area contributed by atoms with E-state index in [0.29, 0.717) is 6.54 Å². The van der Waals surface area contributed by atoms with Crippen LogP contribution in [0, 0.1) is 11.6 Å². The van der Waals surface area contributed by atoms with Gasteiger partial charge in [-0.2, -0.15) is 8.42 Å². The molecule has 0 radical (unpaired) electrons. The van der Waals surface area contributed by atoms with E-state index in [4.69, 9.17) is 0 Å². The summed E-state index contributed by atoms with van der Waals surface area (Å²) < 4.78 is 54.3. The van der Waals surface area contributed by atoms with Gasteiger partial charge >= 0.3 is 0 Å². The van der Waals surface area contributed by atoms with E-state index in [-0.39, 0.29) is 9.50 Å². The number of halogens is 3. The molecule has 0 saturated carbocycles. The van der Waals surface area contributed by atoms with E-state index in [1.165, 1.54) is 12.5 Å². The number of sulfonamides is 1. The van der Waals surface area contributed by atoms with Gasteiger partial charge in [-0.25, -0.2) is 13.8 Å². The molecule has 1 heterocycles. The second kappa shape index (κ2) is 5.49. The molecule has 20 heavy (non-hydrogen) atoms. The van der Waals surface area contributed by atoms with Gasteiger partial charge < -0.3 is 4.57 Å². The largest absolute Gasteiger partial charge is 0.336 e. The molecule has 1 N–H and O–H groups in total. The van der Waals surface area contributed by atoms with Crippen LogP contribution in [-0.4, -0.2) is 18.0 Å². The Balaban J connectivity index is 2.35. The molecular weight excluding hydrogens is 356 g/mol. The maximum Gasteiger partial charge on any atom is 0.281 e.